The highest BCUT2D eigenvalue weighted by molar-refractivity contribution is 7.99. The van der Waals surface area contributed by atoms with Gasteiger partial charge in [-0.05, 0) is 43.0 Å². The van der Waals surface area contributed by atoms with Crippen LogP contribution in [0.2, 0.25) is 0 Å². The van der Waals surface area contributed by atoms with Crippen LogP contribution in [-0.4, -0.2) is 23.6 Å². The van der Waals surface area contributed by atoms with Gasteiger partial charge in [0.15, 0.2) is 0 Å². The molecule has 108 valence electrons. The van der Waals surface area contributed by atoms with Gasteiger partial charge in [0.25, 0.3) is 0 Å². The summed E-state index contributed by atoms with van der Waals surface area (Å²) in [7, 11) is 0. The third-order valence-electron chi connectivity index (χ3n) is 3.17. The Labute approximate surface area is 123 Å². The topological polar surface area (TPSA) is 12.0 Å². The molecule has 0 spiro atoms. The van der Waals surface area contributed by atoms with Crippen molar-refractivity contribution in [3.8, 4) is 0 Å². The SMILES string of the molecule is CCCNC(CCCc1ccccc1)CSC(C)C. The van der Waals surface area contributed by atoms with Crippen molar-refractivity contribution >= 4 is 11.8 Å². The maximum atomic E-state index is 3.69. The molecule has 1 N–H and O–H groups in total. The average Bonchev–Trinajstić information content (AvgIpc) is 2.42. The smallest absolute Gasteiger partial charge is 0.0158 e. The van der Waals surface area contributed by atoms with Crippen LogP contribution in [0.15, 0.2) is 30.3 Å². The van der Waals surface area contributed by atoms with Crippen LogP contribution in [0.3, 0.4) is 0 Å². The van der Waals surface area contributed by atoms with E-state index < -0.39 is 0 Å². The Morgan fingerprint density at radius 3 is 2.53 bits per heavy atom. The van der Waals surface area contributed by atoms with E-state index in [4.69, 9.17) is 0 Å². The van der Waals surface area contributed by atoms with Gasteiger partial charge < -0.3 is 5.32 Å². The highest BCUT2D eigenvalue weighted by atomic mass is 32.2. The summed E-state index contributed by atoms with van der Waals surface area (Å²) in [5.74, 6) is 1.24. The first-order chi connectivity index (χ1) is 9.22. The Hall–Kier alpha value is -0.470. The highest BCUT2D eigenvalue weighted by Crippen LogP contribution is 2.14. The molecule has 0 bridgehead atoms. The zero-order valence-electron chi connectivity index (χ0n) is 12.7. The van der Waals surface area contributed by atoms with Gasteiger partial charge in [-0.25, -0.2) is 0 Å². The van der Waals surface area contributed by atoms with Crippen LogP contribution in [0.1, 0.15) is 45.6 Å². The molecular weight excluding hydrogens is 250 g/mol. The van der Waals surface area contributed by atoms with Gasteiger partial charge in [-0.15, -0.1) is 0 Å². The molecule has 0 aliphatic carbocycles. The van der Waals surface area contributed by atoms with E-state index in [9.17, 15) is 0 Å². The molecule has 1 atom stereocenters. The van der Waals surface area contributed by atoms with E-state index in [1.54, 1.807) is 0 Å². The second-order valence-corrected chi connectivity index (χ2v) is 7.02. The standard InChI is InChI=1S/C17H29NS/c1-4-13-18-17(14-19-15(2)3)12-8-11-16-9-6-5-7-10-16/h5-7,9-10,15,17-18H,4,8,11-14H2,1-3H3. The van der Waals surface area contributed by atoms with Crippen molar-refractivity contribution in [2.24, 2.45) is 0 Å². The molecule has 1 aromatic rings. The van der Waals surface area contributed by atoms with Gasteiger partial charge in [-0.3, -0.25) is 0 Å². The first-order valence-electron chi connectivity index (χ1n) is 7.61. The third-order valence-corrected chi connectivity index (χ3v) is 4.44. The molecule has 2 heteroatoms. The lowest BCUT2D eigenvalue weighted by Gasteiger charge is -2.19. The molecule has 0 amide bonds. The average molecular weight is 279 g/mol. The number of hydrogen-bond donors (Lipinski definition) is 1. The predicted octanol–water partition coefficient (Wildman–Crippen LogP) is 4.52. The Kier molecular flexibility index (Phi) is 9.02. The number of aryl methyl sites for hydroxylation is 1. The number of benzene rings is 1. The molecule has 0 aliphatic heterocycles. The molecular formula is C17H29NS. The maximum Gasteiger partial charge on any atom is 0.0158 e. The van der Waals surface area contributed by atoms with Crippen LogP contribution in [0.5, 0.6) is 0 Å². The molecule has 0 fully saturated rings. The van der Waals surface area contributed by atoms with Crippen molar-refractivity contribution in [2.75, 3.05) is 12.3 Å². The van der Waals surface area contributed by atoms with Gasteiger partial charge in [0.1, 0.15) is 0 Å². The van der Waals surface area contributed by atoms with Gasteiger partial charge in [0, 0.05) is 11.8 Å². The zero-order valence-corrected chi connectivity index (χ0v) is 13.5. The van der Waals surface area contributed by atoms with Gasteiger partial charge in [0.05, 0.1) is 0 Å². The lowest BCUT2D eigenvalue weighted by atomic mass is 10.1. The molecule has 0 heterocycles. The summed E-state index contributed by atoms with van der Waals surface area (Å²) >= 11 is 2.07. The second-order valence-electron chi connectivity index (χ2n) is 5.41. The molecule has 0 saturated carbocycles. The van der Waals surface area contributed by atoms with Crippen LogP contribution in [0.4, 0.5) is 0 Å². The van der Waals surface area contributed by atoms with Gasteiger partial charge in [-0.2, -0.15) is 11.8 Å². The van der Waals surface area contributed by atoms with E-state index in [2.05, 4.69) is 68.2 Å². The minimum Gasteiger partial charge on any atom is -0.313 e. The predicted molar refractivity (Wildman–Crippen MR) is 89.1 cm³/mol. The minimum atomic E-state index is 0.677. The summed E-state index contributed by atoms with van der Waals surface area (Å²) in [6.45, 7) is 7.95. The monoisotopic (exact) mass is 279 g/mol. The third kappa shape index (κ3) is 8.33. The number of thioether (sulfide) groups is 1. The summed E-state index contributed by atoms with van der Waals surface area (Å²) in [6, 6.07) is 11.5. The lowest BCUT2D eigenvalue weighted by Crippen LogP contribution is -2.32. The molecule has 1 rings (SSSR count). The fourth-order valence-corrected chi connectivity index (χ4v) is 3.00. The minimum absolute atomic E-state index is 0.677. The normalized spacial score (nSPS) is 12.8. The Morgan fingerprint density at radius 1 is 1.16 bits per heavy atom. The maximum absolute atomic E-state index is 3.69. The number of nitrogens with one attached hydrogen (secondary N) is 1. The Bertz CT molecular complexity index is 310. The van der Waals surface area contributed by atoms with E-state index in [0.29, 0.717) is 6.04 Å². The summed E-state index contributed by atoms with van der Waals surface area (Å²) in [6.07, 6.45) is 5.00. The largest absolute Gasteiger partial charge is 0.313 e. The molecule has 0 aliphatic rings. The summed E-state index contributed by atoms with van der Waals surface area (Å²) in [4.78, 5) is 0. The number of rotatable bonds is 10. The first kappa shape index (κ1) is 16.6. The van der Waals surface area contributed by atoms with Crippen LogP contribution in [-0.2, 0) is 6.42 Å². The van der Waals surface area contributed by atoms with Crippen LogP contribution < -0.4 is 5.32 Å². The van der Waals surface area contributed by atoms with Crippen molar-refractivity contribution in [1.82, 2.24) is 5.32 Å². The van der Waals surface area contributed by atoms with E-state index in [1.807, 2.05) is 0 Å². The van der Waals surface area contributed by atoms with Crippen LogP contribution in [0, 0.1) is 0 Å². The molecule has 19 heavy (non-hydrogen) atoms. The molecule has 1 unspecified atom stereocenters. The van der Waals surface area contributed by atoms with Gasteiger partial charge >= 0.3 is 0 Å². The van der Waals surface area contributed by atoms with Crippen LogP contribution in [0.25, 0.3) is 0 Å². The highest BCUT2D eigenvalue weighted by Gasteiger charge is 2.08. The molecule has 0 radical (unpaired) electrons. The quantitative estimate of drug-likeness (QED) is 0.676. The van der Waals surface area contributed by atoms with E-state index in [1.165, 1.54) is 37.0 Å². The van der Waals surface area contributed by atoms with Crippen molar-refractivity contribution in [1.29, 1.82) is 0 Å². The van der Waals surface area contributed by atoms with Gasteiger partial charge in [-0.1, -0.05) is 51.1 Å². The lowest BCUT2D eigenvalue weighted by molar-refractivity contribution is 0.504. The molecule has 1 nitrogen and oxygen atoms in total. The summed E-state index contributed by atoms with van der Waals surface area (Å²) < 4.78 is 0. The number of hydrogen-bond acceptors (Lipinski definition) is 2. The first-order valence-corrected chi connectivity index (χ1v) is 8.66. The molecule has 1 aromatic carbocycles. The zero-order chi connectivity index (χ0) is 13.9. The summed E-state index contributed by atoms with van der Waals surface area (Å²) in [5, 5.41) is 4.43. The molecule has 0 saturated heterocycles. The Balaban J connectivity index is 2.26. The van der Waals surface area contributed by atoms with Crippen LogP contribution >= 0.6 is 11.8 Å². The van der Waals surface area contributed by atoms with E-state index in [-0.39, 0.29) is 0 Å². The fraction of sp³-hybridized carbons (Fsp3) is 0.647. The van der Waals surface area contributed by atoms with E-state index in [0.717, 1.165) is 11.8 Å². The second kappa shape index (κ2) is 10.3. The Morgan fingerprint density at radius 2 is 1.89 bits per heavy atom. The van der Waals surface area contributed by atoms with Crippen molar-refractivity contribution in [3.05, 3.63) is 35.9 Å². The van der Waals surface area contributed by atoms with E-state index >= 15 is 0 Å². The van der Waals surface area contributed by atoms with Crippen molar-refractivity contribution in [3.63, 3.8) is 0 Å². The fourth-order valence-electron chi connectivity index (χ4n) is 2.10. The summed E-state index contributed by atoms with van der Waals surface area (Å²) in [5.41, 5.74) is 1.47. The van der Waals surface area contributed by atoms with Crippen molar-refractivity contribution in [2.45, 2.75) is 57.7 Å². The molecule has 0 aromatic heterocycles. The van der Waals surface area contributed by atoms with Gasteiger partial charge in [0.2, 0.25) is 0 Å². The van der Waals surface area contributed by atoms with Crippen molar-refractivity contribution < 1.29 is 0 Å².